The van der Waals surface area contributed by atoms with Gasteiger partial charge < -0.3 is 4.18 Å². The largest absolute Gasteiger partial charge is 0.312 e. The first-order chi connectivity index (χ1) is 7.34. The Morgan fingerprint density at radius 1 is 1.13 bits per heavy atom. The minimum atomic E-state index is -0.179. The Balaban J connectivity index is 2.02. The van der Waals surface area contributed by atoms with Crippen LogP contribution in [0.1, 0.15) is 64.7 Å². The van der Waals surface area contributed by atoms with Gasteiger partial charge >= 0.3 is 0 Å². The molecule has 1 fully saturated rings. The zero-order chi connectivity index (χ0) is 10.9. The van der Waals surface area contributed by atoms with E-state index in [0.717, 1.165) is 6.61 Å². The van der Waals surface area contributed by atoms with E-state index >= 15 is 0 Å². The van der Waals surface area contributed by atoms with Crippen molar-refractivity contribution in [3.63, 3.8) is 0 Å². The smallest absolute Gasteiger partial charge is 0.0617 e. The van der Waals surface area contributed by atoms with Crippen LogP contribution in [0.4, 0.5) is 0 Å². The number of hydrogen-bond acceptors (Lipinski definition) is 2. The van der Waals surface area contributed by atoms with E-state index in [0.29, 0.717) is 5.25 Å². The highest BCUT2D eigenvalue weighted by Gasteiger charge is 2.17. The summed E-state index contributed by atoms with van der Waals surface area (Å²) in [5, 5.41) is 0.694. The highest BCUT2D eigenvalue weighted by atomic mass is 32.8. The first kappa shape index (κ1) is 13.6. The van der Waals surface area contributed by atoms with Crippen LogP contribution in [0.2, 0.25) is 0 Å². The van der Waals surface area contributed by atoms with Crippen LogP contribution in [0.3, 0.4) is 0 Å². The molecule has 0 saturated heterocycles. The van der Waals surface area contributed by atoms with Crippen molar-refractivity contribution < 1.29 is 4.18 Å². The average Bonchev–Trinajstić information content (AvgIpc) is 2.30. The van der Waals surface area contributed by atoms with Crippen molar-refractivity contribution in [2.24, 2.45) is 0 Å². The van der Waals surface area contributed by atoms with Gasteiger partial charge in [-0.3, -0.25) is 0 Å². The third-order valence-corrected chi connectivity index (χ3v) is 5.54. The lowest BCUT2D eigenvalue weighted by molar-refractivity contribution is 0.342. The zero-order valence-corrected chi connectivity index (χ0v) is 11.5. The molecule has 0 spiro atoms. The van der Waals surface area contributed by atoms with Crippen LogP contribution in [0.15, 0.2) is 0 Å². The van der Waals surface area contributed by atoms with Gasteiger partial charge in [-0.15, -0.1) is 0 Å². The summed E-state index contributed by atoms with van der Waals surface area (Å²) in [5.41, 5.74) is 0. The fraction of sp³-hybridized carbons (Fsp3) is 1.00. The zero-order valence-electron chi connectivity index (χ0n) is 9.87. The summed E-state index contributed by atoms with van der Waals surface area (Å²) in [5.74, 6) is 0. The Bertz CT molecular complexity index is 176. The second kappa shape index (κ2) is 8.66. The van der Waals surface area contributed by atoms with Crippen molar-refractivity contribution >= 4 is 20.9 Å². The molecule has 15 heavy (non-hydrogen) atoms. The molecule has 0 aromatic heterocycles. The van der Waals surface area contributed by atoms with Gasteiger partial charge in [-0.1, -0.05) is 45.4 Å². The van der Waals surface area contributed by atoms with E-state index in [9.17, 15) is 0 Å². The van der Waals surface area contributed by atoms with E-state index in [1.807, 2.05) is 0 Å². The summed E-state index contributed by atoms with van der Waals surface area (Å²) in [7, 11) is -0.179. The Morgan fingerprint density at radius 2 is 1.87 bits per heavy atom. The lowest BCUT2D eigenvalue weighted by Gasteiger charge is -2.22. The molecule has 0 bridgehead atoms. The SMILES string of the molecule is CCCCCCOS(=S)C1CCCCC1. The monoisotopic (exact) mass is 248 g/mol. The topological polar surface area (TPSA) is 9.23 Å². The quantitative estimate of drug-likeness (QED) is 0.632. The minimum Gasteiger partial charge on any atom is -0.312 e. The maximum Gasteiger partial charge on any atom is 0.0617 e. The van der Waals surface area contributed by atoms with Crippen LogP contribution in [-0.2, 0) is 25.1 Å². The van der Waals surface area contributed by atoms with E-state index < -0.39 is 0 Å². The average molecular weight is 248 g/mol. The molecule has 0 amide bonds. The van der Waals surface area contributed by atoms with Gasteiger partial charge in [0.2, 0.25) is 0 Å². The van der Waals surface area contributed by atoms with Crippen molar-refractivity contribution in [2.75, 3.05) is 6.61 Å². The molecule has 90 valence electrons. The van der Waals surface area contributed by atoms with E-state index in [-0.39, 0.29) is 9.74 Å². The van der Waals surface area contributed by atoms with Gasteiger partial charge in [0.05, 0.1) is 6.61 Å². The van der Waals surface area contributed by atoms with Gasteiger partial charge in [0.15, 0.2) is 0 Å². The van der Waals surface area contributed by atoms with Gasteiger partial charge in [0.1, 0.15) is 0 Å². The molecule has 1 atom stereocenters. The second-order valence-electron chi connectivity index (χ2n) is 4.40. The third kappa shape index (κ3) is 5.98. The third-order valence-electron chi connectivity index (χ3n) is 3.02. The second-order valence-corrected chi connectivity index (χ2v) is 6.81. The van der Waals surface area contributed by atoms with Crippen molar-refractivity contribution in [3.05, 3.63) is 0 Å². The number of unbranched alkanes of at least 4 members (excludes halogenated alkanes) is 3. The van der Waals surface area contributed by atoms with Crippen molar-refractivity contribution in [2.45, 2.75) is 70.0 Å². The molecule has 0 heterocycles. The van der Waals surface area contributed by atoms with Gasteiger partial charge in [0.25, 0.3) is 0 Å². The summed E-state index contributed by atoms with van der Waals surface area (Å²) in [6.45, 7) is 3.13. The molecule has 1 rings (SSSR count). The summed E-state index contributed by atoms with van der Waals surface area (Å²) in [6.07, 6.45) is 11.9. The molecule has 1 nitrogen and oxygen atoms in total. The van der Waals surface area contributed by atoms with E-state index in [1.54, 1.807) is 0 Å². The molecule has 1 aliphatic carbocycles. The van der Waals surface area contributed by atoms with Crippen LogP contribution in [0.5, 0.6) is 0 Å². The molecular weight excluding hydrogens is 224 g/mol. The molecule has 0 radical (unpaired) electrons. The normalized spacial score (nSPS) is 20.3. The fourth-order valence-electron chi connectivity index (χ4n) is 2.02. The van der Waals surface area contributed by atoms with Crippen molar-refractivity contribution in [1.82, 2.24) is 0 Å². The standard InChI is InChI=1S/C12H24OS2/c1-2-3-4-8-11-13-15(14)12-9-6-5-7-10-12/h12H,2-11H2,1H3. The predicted octanol–water partition coefficient (Wildman–Crippen LogP) is 3.91. The Morgan fingerprint density at radius 3 is 2.53 bits per heavy atom. The highest BCUT2D eigenvalue weighted by Crippen LogP contribution is 2.22. The van der Waals surface area contributed by atoms with Gasteiger partial charge in [-0.25, -0.2) is 0 Å². The van der Waals surface area contributed by atoms with Gasteiger partial charge in [0, 0.05) is 15.0 Å². The van der Waals surface area contributed by atoms with Gasteiger partial charge in [-0.05, 0) is 30.5 Å². The maximum absolute atomic E-state index is 5.77. The summed E-state index contributed by atoms with van der Waals surface area (Å²) in [6, 6.07) is 0. The van der Waals surface area contributed by atoms with Crippen LogP contribution in [-0.4, -0.2) is 11.9 Å². The first-order valence-corrected chi connectivity index (χ1v) is 8.52. The van der Waals surface area contributed by atoms with E-state index in [2.05, 4.69) is 6.92 Å². The molecule has 0 aromatic rings. The number of hydrogen-bond donors (Lipinski definition) is 0. The van der Waals surface area contributed by atoms with E-state index in [1.165, 1.54) is 57.8 Å². The van der Waals surface area contributed by atoms with Crippen LogP contribution >= 0.6 is 0 Å². The Hall–Kier alpha value is 0.530. The molecule has 0 N–H and O–H groups in total. The van der Waals surface area contributed by atoms with Crippen molar-refractivity contribution in [1.29, 1.82) is 0 Å². The predicted molar refractivity (Wildman–Crippen MR) is 71.7 cm³/mol. The van der Waals surface area contributed by atoms with Gasteiger partial charge in [-0.2, -0.15) is 0 Å². The molecule has 1 saturated carbocycles. The highest BCUT2D eigenvalue weighted by molar-refractivity contribution is 8.26. The lowest BCUT2D eigenvalue weighted by atomic mass is 10.0. The summed E-state index contributed by atoms with van der Waals surface area (Å²) in [4.78, 5) is 0. The maximum atomic E-state index is 5.77. The number of rotatable bonds is 7. The molecule has 3 heteroatoms. The van der Waals surface area contributed by atoms with Crippen LogP contribution in [0, 0.1) is 0 Å². The lowest BCUT2D eigenvalue weighted by Crippen LogP contribution is -2.19. The van der Waals surface area contributed by atoms with E-state index in [4.69, 9.17) is 15.4 Å². The molecule has 0 aromatic carbocycles. The molecule has 1 unspecified atom stereocenters. The van der Waals surface area contributed by atoms with Crippen molar-refractivity contribution in [3.8, 4) is 0 Å². The first-order valence-electron chi connectivity index (χ1n) is 6.38. The Kier molecular flexibility index (Phi) is 7.84. The summed E-state index contributed by atoms with van der Waals surface area (Å²) >= 11 is 5.44. The molecule has 1 aliphatic rings. The minimum absolute atomic E-state index is 0.179. The molecule has 0 aliphatic heterocycles. The van der Waals surface area contributed by atoms with Crippen LogP contribution in [0.25, 0.3) is 0 Å². The summed E-state index contributed by atoms with van der Waals surface area (Å²) < 4.78 is 5.77. The van der Waals surface area contributed by atoms with Crippen LogP contribution < -0.4 is 0 Å². The Labute approximate surface area is 102 Å². The molecular formula is C12H24OS2. The fourth-order valence-corrected chi connectivity index (χ4v) is 4.00.